The van der Waals surface area contributed by atoms with E-state index in [-0.39, 0.29) is 11.8 Å². The average Bonchev–Trinajstić information content (AvgIpc) is 2.83. The molecule has 3 heteroatoms. The smallest absolute Gasteiger partial charge is 0.229 e. The van der Waals surface area contributed by atoms with Gasteiger partial charge in [-0.3, -0.25) is 4.79 Å². The van der Waals surface area contributed by atoms with E-state index in [2.05, 4.69) is 24.5 Å². The Hall–Kier alpha value is -1.51. The van der Waals surface area contributed by atoms with Crippen molar-refractivity contribution >= 4 is 11.6 Å². The van der Waals surface area contributed by atoms with Gasteiger partial charge in [0.25, 0.3) is 0 Å². The zero-order chi connectivity index (χ0) is 13.0. The third-order valence-corrected chi connectivity index (χ3v) is 3.87. The van der Waals surface area contributed by atoms with Crippen LogP contribution in [0.5, 0.6) is 0 Å². The number of carbonyl (C=O) groups is 1. The molecule has 1 atom stereocenters. The molecule has 3 nitrogen and oxygen atoms in total. The summed E-state index contributed by atoms with van der Waals surface area (Å²) >= 11 is 0. The number of rotatable bonds is 5. The van der Waals surface area contributed by atoms with Gasteiger partial charge in [0.2, 0.25) is 5.91 Å². The first-order chi connectivity index (χ1) is 8.76. The van der Waals surface area contributed by atoms with E-state index in [1.807, 2.05) is 24.3 Å². The maximum atomic E-state index is 12.2. The molecule has 1 amide bonds. The fourth-order valence-electron chi connectivity index (χ4n) is 2.46. The molecule has 1 aromatic carbocycles. The highest BCUT2D eigenvalue weighted by atomic mass is 16.1. The van der Waals surface area contributed by atoms with E-state index in [1.54, 1.807) is 0 Å². The number of para-hydroxylation sites is 1. The first-order valence-electron chi connectivity index (χ1n) is 6.86. The van der Waals surface area contributed by atoms with Crippen molar-refractivity contribution < 1.29 is 4.79 Å². The first kappa shape index (κ1) is 12.9. The maximum Gasteiger partial charge on any atom is 0.229 e. The Morgan fingerprint density at radius 1 is 1.39 bits per heavy atom. The van der Waals surface area contributed by atoms with Crippen LogP contribution in [0.25, 0.3) is 0 Å². The molecule has 0 fully saturated rings. The summed E-state index contributed by atoms with van der Waals surface area (Å²) in [7, 11) is 0. The molecule has 1 aliphatic rings. The lowest BCUT2D eigenvalue weighted by Crippen LogP contribution is -2.33. The molecule has 0 bridgehead atoms. The van der Waals surface area contributed by atoms with E-state index in [0.717, 1.165) is 30.6 Å². The highest BCUT2D eigenvalue weighted by Gasteiger charge is 2.27. The van der Waals surface area contributed by atoms with Gasteiger partial charge in [0.05, 0.1) is 5.92 Å². The number of hydrogen-bond donors (Lipinski definition) is 2. The van der Waals surface area contributed by atoms with Crippen molar-refractivity contribution in [2.45, 2.75) is 32.6 Å². The standard InChI is InChI=1S/C15H22N2O/c1-3-11(4-2)9-17-15(18)13-10-16-14-8-6-5-7-12(13)14/h5-8,11,13,16H,3-4,9-10H2,1-2H3,(H,17,18). The lowest BCUT2D eigenvalue weighted by molar-refractivity contribution is -0.122. The fraction of sp³-hybridized carbons (Fsp3) is 0.533. The van der Waals surface area contributed by atoms with Gasteiger partial charge in [0, 0.05) is 18.8 Å². The Morgan fingerprint density at radius 3 is 2.83 bits per heavy atom. The fourth-order valence-corrected chi connectivity index (χ4v) is 2.46. The van der Waals surface area contributed by atoms with Crippen LogP contribution in [-0.2, 0) is 4.79 Å². The van der Waals surface area contributed by atoms with E-state index in [4.69, 9.17) is 0 Å². The molecule has 1 aliphatic heterocycles. The van der Waals surface area contributed by atoms with Gasteiger partial charge >= 0.3 is 0 Å². The van der Waals surface area contributed by atoms with Gasteiger partial charge in [-0.2, -0.15) is 0 Å². The first-order valence-corrected chi connectivity index (χ1v) is 6.86. The van der Waals surface area contributed by atoms with Crippen LogP contribution in [0.3, 0.4) is 0 Å². The lowest BCUT2D eigenvalue weighted by Gasteiger charge is -2.16. The van der Waals surface area contributed by atoms with Gasteiger partial charge in [0.1, 0.15) is 0 Å². The topological polar surface area (TPSA) is 41.1 Å². The molecular formula is C15H22N2O. The quantitative estimate of drug-likeness (QED) is 0.838. The summed E-state index contributed by atoms with van der Waals surface area (Å²) in [5.41, 5.74) is 2.22. The third kappa shape index (κ3) is 2.66. The van der Waals surface area contributed by atoms with Crippen molar-refractivity contribution in [2.75, 3.05) is 18.4 Å². The van der Waals surface area contributed by atoms with Gasteiger partial charge < -0.3 is 10.6 Å². The van der Waals surface area contributed by atoms with Crippen LogP contribution in [0.2, 0.25) is 0 Å². The van der Waals surface area contributed by atoms with Crippen molar-refractivity contribution in [2.24, 2.45) is 5.92 Å². The summed E-state index contributed by atoms with van der Waals surface area (Å²) in [5.74, 6) is 0.716. The second kappa shape index (κ2) is 5.89. The van der Waals surface area contributed by atoms with Crippen LogP contribution in [-0.4, -0.2) is 19.0 Å². The van der Waals surface area contributed by atoms with E-state index >= 15 is 0 Å². The molecule has 0 radical (unpaired) electrons. The second-order valence-corrected chi connectivity index (χ2v) is 4.95. The molecule has 0 saturated carbocycles. The summed E-state index contributed by atoms with van der Waals surface area (Å²) in [4.78, 5) is 12.2. The van der Waals surface area contributed by atoms with Gasteiger partial charge in [-0.25, -0.2) is 0 Å². The van der Waals surface area contributed by atoms with Crippen LogP contribution in [0, 0.1) is 5.92 Å². The van der Waals surface area contributed by atoms with Crippen LogP contribution in [0.4, 0.5) is 5.69 Å². The van der Waals surface area contributed by atoms with Gasteiger partial charge in [-0.05, 0) is 17.5 Å². The van der Waals surface area contributed by atoms with E-state index in [1.165, 1.54) is 0 Å². The molecule has 1 unspecified atom stereocenters. The largest absolute Gasteiger partial charge is 0.384 e. The van der Waals surface area contributed by atoms with E-state index < -0.39 is 0 Å². The number of hydrogen-bond acceptors (Lipinski definition) is 2. The summed E-state index contributed by atoms with van der Waals surface area (Å²) < 4.78 is 0. The Balaban J connectivity index is 1.95. The minimum Gasteiger partial charge on any atom is -0.384 e. The van der Waals surface area contributed by atoms with E-state index in [0.29, 0.717) is 12.5 Å². The molecule has 98 valence electrons. The number of benzene rings is 1. The molecule has 0 spiro atoms. The van der Waals surface area contributed by atoms with Gasteiger partial charge in [0.15, 0.2) is 0 Å². The zero-order valence-corrected chi connectivity index (χ0v) is 11.2. The predicted molar refractivity (Wildman–Crippen MR) is 74.8 cm³/mol. The summed E-state index contributed by atoms with van der Waals surface area (Å²) in [5, 5.41) is 6.37. The van der Waals surface area contributed by atoms with Crippen LogP contribution in [0.15, 0.2) is 24.3 Å². The van der Waals surface area contributed by atoms with Crippen molar-refractivity contribution in [3.05, 3.63) is 29.8 Å². The lowest BCUT2D eigenvalue weighted by atomic mass is 9.99. The highest BCUT2D eigenvalue weighted by Crippen LogP contribution is 2.30. The monoisotopic (exact) mass is 246 g/mol. The molecule has 18 heavy (non-hydrogen) atoms. The summed E-state index contributed by atoms with van der Waals surface area (Å²) in [6.45, 7) is 5.86. The molecule has 1 aromatic rings. The number of amides is 1. The van der Waals surface area contributed by atoms with Gasteiger partial charge in [-0.15, -0.1) is 0 Å². The summed E-state index contributed by atoms with van der Waals surface area (Å²) in [6.07, 6.45) is 2.24. The van der Waals surface area contributed by atoms with Crippen molar-refractivity contribution in [3.63, 3.8) is 0 Å². The van der Waals surface area contributed by atoms with E-state index in [9.17, 15) is 4.79 Å². The molecular weight excluding hydrogens is 224 g/mol. The molecule has 2 N–H and O–H groups in total. The maximum absolute atomic E-state index is 12.2. The Bertz CT molecular complexity index is 413. The van der Waals surface area contributed by atoms with Crippen LogP contribution in [0.1, 0.15) is 38.2 Å². The van der Waals surface area contributed by atoms with Crippen molar-refractivity contribution in [3.8, 4) is 0 Å². The molecule has 1 heterocycles. The number of anilines is 1. The average molecular weight is 246 g/mol. The second-order valence-electron chi connectivity index (χ2n) is 4.95. The minimum atomic E-state index is -0.0319. The predicted octanol–water partition coefficient (Wildman–Crippen LogP) is 2.75. The minimum absolute atomic E-state index is 0.0319. The van der Waals surface area contributed by atoms with Crippen LogP contribution < -0.4 is 10.6 Å². The molecule has 0 saturated heterocycles. The third-order valence-electron chi connectivity index (χ3n) is 3.87. The number of fused-ring (bicyclic) bond motifs is 1. The Labute approximate surface area is 109 Å². The summed E-state index contributed by atoms with van der Waals surface area (Å²) in [6, 6.07) is 8.06. The Morgan fingerprint density at radius 2 is 2.11 bits per heavy atom. The number of carbonyl (C=O) groups excluding carboxylic acids is 1. The van der Waals surface area contributed by atoms with Gasteiger partial charge in [-0.1, -0.05) is 44.9 Å². The molecule has 2 rings (SSSR count). The SMILES string of the molecule is CCC(CC)CNC(=O)C1CNc2ccccc21. The normalized spacial score (nSPS) is 17.4. The zero-order valence-electron chi connectivity index (χ0n) is 11.2. The van der Waals surface area contributed by atoms with Crippen LogP contribution >= 0.6 is 0 Å². The van der Waals surface area contributed by atoms with Crippen molar-refractivity contribution in [1.29, 1.82) is 0 Å². The Kier molecular flexibility index (Phi) is 4.24. The van der Waals surface area contributed by atoms with Crippen molar-refractivity contribution in [1.82, 2.24) is 5.32 Å². The molecule has 0 aliphatic carbocycles. The number of nitrogens with one attached hydrogen (secondary N) is 2. The molecule has 0 aromatic heterocycles. The highest BCUT2D eigenvalue weighted by molar-refractivity contribution is 5.88.